The predicted octanol–water partition coefficient (Wildman–Crippen LogP) is 3.76. The molecule has 0 aliphatic rings. The Morgan fingerprint density at radius 3 is 2.50 bits per heavy atom. The number of amides is 1. The van der Waals surface area contributed by atoms with Gasteiger partial charge in [0.15, 0.2) is 0 Å². The van der Waals surface area contributed by atoms with E-state index in [0.29, 0.717) is 29.2 Å². The van der Waals surface area contributed by atoms with Crippen molar-refractivity contribution in [1.82, 2.24) is 4.98 Å². The van der Waals surface area contributed by atoms with E-state index in [4.69, 9.17) is 4.74 Å². The number of carbonyl (C=O) groups is 2. The molecular weight excluding hydrogens is 354 g/mol. The number of aromatic nitrogens is 1. The van der Waals surface area contributed by atoms with E-state index in [1.54, 1.807) is 42.6 Å². The number of hydrogen-bond donors (Lipinski definition) is 1. The third-order valence-corrected chi connectivity index (χ3v) is 4.24. The summed E-state index contributed by atoms with van der Waals surface area (Å²) in [5.74, 6) is -0.153. The minimum atomic E-state index is -0.506. The number of esters is 1. The predicted molar refractivity (Wildman–Crippen MR) is 109 cm³/mol. The maximum Gasteiger partial charge on any atom is 0.339 e. The van der Waals surface area contributed by atoms with Gasteiger partial charge in [-0.15, -0.1) is 0 Å². The van der Waals surface area contributed by atoms with Crippen molar-refractivity contribution < 1.29 is 14.3 Å². The molecule has 2 aromatic carbocycles. The van der Waals surface area contributed by atoms with E-state index in [1.807, 2.05) is 42.3 Å². The van der Waals surface area contributed by atoms with E-state index < -0.39 is 5.97 Å². The summed E-state index contributed by atoms with van der Waals surface area (Å²) in [4.78, 5) is 30.9. The summed E-state index contributed by atoms with van der Waals surface area (Å²) in [6.07, 6.45) is 1.60. The Hall–Kier alpha value is -3.67. The van der Waals surface area contributed by atoms with Gasteiger partial charge < -0.3 is 15.0 Å². The van der Waals surface area contributed by atoms with E-state index in [0.717, 1.165) is 5.56 Å². The monoisotopic (exact) mass is 375 g/mol. The summed E-state index contributed by atoms with van der Waals surface area (Å²) in [6, 6.07) is 20.1. The molecule has 1 N–H and O–H groups in total. The first-order valence-corrected chi connectivity index (χ1v) is 8.78. The smallest absolute Gasteiger partial charge is 0.339 e. The third-order valence-electron chi connectivity index (χ3n) is 4.24. The molecule has 0 aliphatic heterocycles. The molecule has 1 amide bonds. The first-order valence-electron chi connectivity index (χ1n) is 8.78. The van der Waals surface area contributed by atoms with Crippen molar-refractivity contribution in [2.75, 3.05) is 24.4 Å². The van der Waals surface area contributed by atoms with E-state index in [1.165, 1.54) is 7.11 Å². The average molecular weight is 375 g/mol. The summed E-state index contributed by atoms with van der Waals surface area (Å²) >= 11 is 0. The van der Waals surface area contributed by atoms with Crippen LogP contribution in [0.15, 0.2) is 72.9 Å². The lowest BCUT2D eigenvalue weighted by Crippen LogP contribution is -2.19. The molecule has 3 aromatic rings. The fourth-order valence-corrected chi connectivity index (χ4v) is 2.78. The van der Waals surface area contributed by atoms with Crippen LogP contribution in [0, 0.1) is 0 Å². The highest BCUT2D eigenvalue weighted by Crippen LogP contribution is 2.19. The van der Waals surface area contributed by atoms with Crippen molar-refractivity contribution in [1.29, 1.82) is 0 Å². The fourth-order valence-electron chi connectivity index (χ4n) is 2.78. The maximum atomic E-state index is 12.7. The Balaban J connectivity index is 1.77. The van der Waals surface area contributed by atoms with Crippen molar-refractivity contribution in [3.63, 3.8) is 0 Å². The Bertz CT molecular complexity index is 974. The van der Waals surface area contributed by atoms with Gasteiger partial charge >= 0.3 is 5.97 Å². The minimum absolute atomic E-state index is 0.300. The number of nitrogens with one attached hydrogen (secondary N) is 1. The van der Waals surface area contributed by atoms with Gasteiger partial charge in [0.1, 0.15) is 5.82 Å². The molecule has 0 bridgehead atoms. The molecule has 0 aliphatic carbocycles. The molecular formula is C22H21N3O3. The van der Waals surface area contributed by atoms with Gasteiger partial charge in [0.05, 0.1) is 18.4 Å². The van der Waals surface area contributed by atoms with Crippen LogP contribution in [0.25, 0.3) is 0 Å². The zero-order valence-electron chi connectivity index (χ0n) is 15.8. The molecule has 28 heavy (non-hydrogen) atoms. The van der Waals surface area contributed by atoms with Gasteiger partial charge in [-0.3, -0.25) is 4.79 Å². The molecule has 3 rings (SSSR count). The van der Waals surface area contributed by atoms with Crippen LogP contribution in [0.2, 0.25) is 0 Å². The zero-order valence-corrected chi connectivity index (χ0v) is 15.8. The van der Waals surface area contributed by atoms with Gasteiger partial charge in [-0.25, -0.2) is 9.78 Å². The standard InChI is InChI=1S/C22H21N3O3/c1-25(15-16-8-4-3-5-9-16)20-14-17(12-13-23-20)21(26)24-19-11-7-6-10-18(19)22(27)28-2/h3-14H,15H2,1-2H3,(H,24,26). The number of nitrogens with zero attached hydrogens (tertiary/aromatic N) is 2. The van der Waals surface area contributed by atoms with Gasteiger partial charge in [-0.1, -0.05) is 42.5 Å². The topological polar surface area (TPSA) is 71.5 Å². The van der Waals surface area contributed by atoms with Crippen LogP contribution in [0.3, 0.4) is 0 Å². The molecule has 6 heteroatoms. The Morgan fingerprint density at radius 1 is 1.04 bits per heavy atom. The number of para-hydroxylation sites is 1. The number of pyridine rings is 1. The summed E-state index contributed by atoms with van der Waals surface area (Å²) in [7, 11) is 3.22. The van der Waals surface area contributed by atoms with E-state index >= 15 is 0 Å². The largest absolute Gasteiger partial charge is 0.465 e. The molecule has 0 unspecified atom stereocenters. The van der Waals surface area contributed by atoms with Crippen LogP contribution >= 0.6 is 0 Å². The SMILES string of the molecule is COC(=O)c1ccccc1NC(=O)c1ccnc(N(C)Cc2ccccc2)c1. The van der Waals surface area contributed by atoms with Crippen molar-refractivity contribution in [2.24, 2.45) is 0 Å². The second kappa shape index (κ2) is 8.81. The molecule has 0 spiro atoms. The molecule has 142 valence electrons. The Kier molecular flexibility index (Phi) is 6.01. The highest BCUT2D eigenvalue weighted by molar-refractivity contribution is 6.08. The van der Waals surface area contributed by atoms with Gasteiger partial charge in [0, 0.05) is 25.4 Å². The van der Waals surface area contributed by atoms with Crippen molar-refractivity contribution >= 4 is 23.4 Å². The van der Waals surface area contributed by atoms with Crippen LogP contribution in [-0.4, -0.2) is 31.0 Å². The highest BCUT2D eigenvalue weighted by atomic mass is 16.5. The molecule has 0 saturated heterocycles. The lowest BCUT2D eigenvalue weighted by Gasteiger charge is -2.19. The van der Waals surface area contributed by atoms with Crippen LogP contribution < -0.4 is 10.2 Å². The van der Waals surface area contributed by atoms with Gasteiger partial charge in [0.25, 0.3) is 5.91 Å². The second-order valence-electron chi connectivity index (χ2n) is 6.24. The molecule has 0 fully saturated rings. The average Bonchev–Trinajstić information content (AvgIpc) is 2.74. The van der Waals surface area contributed by atoms with Crippen molar-refractivity contribution in [3.05, 3.63) is 89.6 Å². The van der Waals surface area contributed by atoms with E-state index in [2.05, 4.69) is 10.3 Å². The van der Waals surface area contributed by atoms with Gasteiger partial charge in [-0.05, 0) is 29.8 Å². The van der Waals surface area contributed by atoms with Crippen molar-refractivity contribution in [2.45, 2.75) is 6.54 Å². The Morgan fingerprint density at radius 2 is 1.75 bits per heavy atom. The number of methoxy groups -OCH3 is 1. The molecule has 0 atom stereocenters. The molecule has 6 nitrogen and oxygen atoms in total. The minimum Gasteiger partial charge on any atom is -0.465 e. The van der Waals surface area contributed by atoms with Crippen LogP contribution in [0.1, 0.15) is 26.3 Å². The third kappa shape index (κ3) is 4.54. The normalized spacial score (nSPS) is 10.2. The maximum absolute atomic E-state index is 12.7. The highest BCUT2D eigenvalue weighted by Gasteiger charge is 2.15. The first-order chi connectivity index (χ1) is 13.6. The number of anilines is 2. The summed E-state index contributed by atoms with van der Waals surface area (Å²) < 4.78 is 4.76. The van der Waals surface area contributed by atoms with Gasteiger partial charge in [-0.2, -0.15) is 0 Å². The number of benzene rings is 2. The first kappa shape index (κ1) is 19.1. The number of ether oxygens (including phenoxy) is 1. The number of hydrogen-bond acceptors (Lipinski definition) is 5. The second-order valence-corrected chi connectivity index (χ2v) is 6.24. The summed E-state index contributed by atoms with van der Waals surface area (Å²) in [5, 5.41) is 2.77. The Labute approximate surface area is 163 Å². The lowest BCUT2D eigenvalue weighted by molar-refractivity contribution is 0.0602. The summed E-state index contributed by atoms with van der Waals surface area (Å²) in [6.45, 7) is 0.671. The van der Waals surface area contributed by atoms with Crippen LogP contribution in [0.5, 0.6) is 0 Å². The molecule has 0 radical (unpaired) electrons. The van der Waals surface area contributed by atoms with Gasteiger partial charge in [0.2, 0.25) is 0 Å². The molecule has 1 aromatic heterocycles. The number of rotatable bonds is 6. The lowest BCUT2D eigenvalue weighted by atomic mass is 10.1. The zero-order chi connectivity index (χ0) is 19.9. The quantitative estimate of drug-likeness (QED) is 0.664. The number of carbonyl (C=O) groups excluding carboxylic acids is 2. The van der Waals surface area contributed by atoms with E-state index in [9.17, 15) is 9.59 Å². The molecule has 0 saturated carbocycles. The fraction of sp³-hybridized carbons (Fsp3) is 0.136. The molecule has 1 heterocycles. The van der Waals surface area contributed by atoms with Crippen LogP contribution in [0.4, 0.5) is 11.5 Å². The van der Waals surface area contributed by atoms with E-state index in [-0.39, 0.29) is 5.91 Å². The summed E-state index contributed by atoms with van der Waals surface area (Å²) in [5.41, 5.74) is 2.29. The van der Waals surface area contributed by atoms with Crippen molar-refractivity contribution in [3.8, 4) is 0 Å². The van der Waals surface area contributed by atoms with Crippen LogP contribution in [-0.2, 0) is 11.3 Å².